The van der Waals surface area contributed by atoms with Gasteiger partial charge in [-0.25, -0.2) is 13.8 Å². The number of carbonyl (C=O) groups excluding carboxylic acids is 1. The van der Waals surface area contributed by atoms with Gasteiger partial charge in [-0.05, 0) is 32.0 Å². The van der Waals surface area contributed by atoms with Gasteiger partial charge in [0, 0.05) is 36.8 Å². The summed E-state index contributed by atoms with van der Waals surface area (Å²) in [4.78, 5) is 14.4. The summed E-state index contributed by atoms with van der Waals surface area (Å²) < 4.78 is 27.0. The van der Waals surface area contributed by atoms with Crippen molar-refractivity contribution in [1.29, 1.82) is 0 Å². The number of piperazine rings is 1. The van der Waals surface area contributed by atoms with Gasteiger partial charge < -0.3 is 0 Å². The topological polar surface area (TPSA) is 82.1 Å². The molecule has 30 heavy (non-hydrogen) atoms. The summed E-state index contributed by atoms with van der Waals surface area (Å²) in [5.41, 5.74) is 4.93. The van der Waals surface area contributed by atoms with Gasteiger partial charge in [0.1, 0.15) is 0 Å². The minimum atomic E-state index is -3.52. The molecule has 1 heterocycles. The minimum absolute atomic E-state index is 0.151. The van der Waals surface area contributed by atoms with Gasteiger partial charge >= 0.3 is 0 Å². The van der Waals surface area contributed by atoms with E-state index in [1.165, 1.54) is 4.31 Å². The van der Waals surface area contributed by atoms with E-state index in [0.717, 1.165) is 11.1 Å². The van der Waals surface area contributed by atoms with Gasteiger partial charge in [0.2, 0.25) is 10.0 Å². The Morgan fingerprint density at radius 3 is 2.33 bits per heavy atom. The van der Waals surface area contributed by atoms with Crippen LogP contribution in [0.5, 0.6) is 0 Å². The number of halogens is 1. The standard InChI is InChI=1S/C21H25ClN4O3S/c1-16-7-9-18(10-8-16)30(28,29)26-13-11-25(12-14-26)15-21(27)24-23-17(2)19-5-3-4-6-20(19)22/h3-10H,11-15H2,1-2H3,(H,24,27)/b23-17+. The van der Waals surface area contributed by atoms with Gasteiger partial charge in [-0.2, -0.15) is 9.41 Å². The van der Waals surface area contributed by atoms with Crippen LogP contribution in [0.3, 0.4) is 0 Å². The summed E-state index contributed by atoms with van der Waals surface area (Å²) in [7, 11) is -3.52. The lowest BCUT2D eigenvalue weighted by Crippen LogP contribution is -2.50. The average Bonchev–Trinajstić information content (AvgIpc) is 2.73. The maximum atomic E-state index is 12.8. The molecule has 2 aromatic rings. The first-order valence-corrected chi connectivity index (χ1v) is 11.5. The average molecular weight is 449 g/mol. The molecule has 2 aromatic carbocycles. The number of benzene rings is 2. The number of hydrazone groups is 1. The third-order valence-corrected chi connectivity index (χ3v) is 7.21. The van der Waals surface area contributed by atoms with E-state index in [9.17, 15) is 13.2 Å². The van der Waals surface area contributed by atoms with E-state index in [1.54, 1.807) is 37.3 Å². The molecular weight excluding hydrogens is 424 g/mol. The van der Waals surface area contributed by atoms with Crippen molar-refractivity contribution in [1.82, 2.24) is 14.6 Å². The molecule has 160 valence electrons. The highest BCUT2D eigenvalue weighted by molar-refractivity contribution is 7.89. The molecule has 1 fully saturated rings. The third-order valence-electron chi connectivity index (χ3n) is 4.97. The van der Waals surface area contributed by atoms with Crippen LogP contribution in [0.4, 0.5) is 0 Å². The van der Waals surface area contributed by atoms with Crippen LogP contribution in [0.2, 0.25) is 5.02 Å². The Morgan fingerprint density at radius 1 is 1.07 bits per heavy atom. The fraction of sp³-hybridized carbons (Fsp3) is 0.333. The molecule has 1 N–H and O–H groups in total. The molecule has 1 aliphatic heterocycles. The van der Waals surface area contributed by atoms with Crippen molar-refractivity contribution < 1.29 is 13.2 Å². The van der Waals surface area contributed by atoms with E-state index in [0.29, 0.717) is 41.8 Å². The molecule has 0 unspecified atom stereocenters. The zero-order valence-electron chi connectivity index (χ0n) is 17.0. The summed E-state index contributed by atoms with van der Waals surface area (Å²) in [6, 6.07) is 14.1. The lowest BCUT2D eigenvalue weighted by atomic mass is 10.1. The van der Waals surface area contributed by atoms with Gasteiger partial charge in [-0.15, -0.1) is 0 Å². The van der Waals surface area contributed by atoms with Crippen molar-refractivity contribution in [3.63, 3.8) is 0 Å². The van der Waals surface area contributed by atoms with Crippen molar-refractivity contribution in [2.24, 2.45) is 5.10 Å². The summed E-state index contributed by atoms with van der Waals surface area (Å²) >= 11 is 6.14. The molecule has 0 atom stereocenters. The van der Waals surface area contributed by atoms with E-state index in [2.05, 4.69) is 10.5 Å². The Labute approximate surface area is 182 Å². The Hall–Kier alpha value is -2.26. The van der Waals surface area contributed by atoms with E-state index < -0.39 is 10.0 Å². The molecule has 0 aliphatic carbocycles. The summed E-state index contributed by atoms with van der Waals surface area (Å²) in [5, 5.41) is 4.69. The first kappa shape index (κ1) is 22.4. The molecule has 3 rings (SSSR count). The largest absolute Gasteiger partial charge is 0.292 e. The second kappa shape index (κ2) is 9.70. The quantitative estimate of drug-likeness (QED) is 0.543. The smallest absolute Gasteiger partial charge is 0.254 e. The van der Waals surface area contributed by atoms with Crippen LogP contribution < -0.4 is 5.43 Å². The molecule has 0 saturated carbocycles. The van der Waals surface area contributed by atoms with Crippen molar-refractivity contribution in [2.45, 2.75) is 18.7 Å². The number of hydrogen-bond donors (Lipinski definition) is 1. The highest BCUT2D eigenvalue weighted by Gasteiger charge is 2.28. The highest BCUT2D eigenvalue weighted by Crippen LogP contribution is 2.18. The zero-order chi connectivity index (χ0) is 21.7. The van der Waals surface area contributed by atoms with Crippen LogP contribution in [-0.4, -0.2) is 62.0 Å². The van der Waals surface area contributed by atoms with Crippen molar-refractivity contribution in [2.75, 3.05) is 32.7 Å². The second-order valence-corrected chi connectivity index (χ2v) is 9.55. The van der Waals surface area contributed by atoms with Crippen LogP contribution in [0, 0.1) is 6.92 Å². The second-order valence-electron chi connectivity index (χ2n) is 7.21. The number of carbonyl (C=O) groups is 1. The number of aryl methyl sites for hydroxylation is 1. The number of amides is 1. The molecule has 7 nitrogen and oxygen atoms in total. The minimum Gasteiger partial charge on any atom is -0.292 e. The van der Waals surface area contributed by atoms with Crippen LogP contribution in [0.15, 0.2) is 58.5 Å². The predicted molar refractivity (Wildman–Crippen MR) is 118 cm³/mol. The van der Waals surface area contributed by atoms with Crippen LogP contribution in [0.1, 0.15) is 18.1 Å². The van der Waals surface area contributed by atoms with Gasteiger partial charge in [0.25, 0.3) is 5.91 Å². The molecule has 9 heteroatoms. The Balaban J connectivity index is 1.52. The maximum Gasteiger partial charge on any atom is 0.254 e. The highest BCUT2D eigenvalue weighted by atomic mass is 35.5. The lowest BCUT2D eigenvalue weighted by molar-refractivity contribution is -0.122. The molecule has 1 saturated heterocycles. The van der Waals surface area contributed by atoms with Gasteiger partial charge in [0.05, 0.1) is 17.2 Å². The fourth-order valence-electron chi connectivity index (χ4n) is 3.19. The first-order valence-electron chi connectivity index (χ1n) is 9.64. The number of nitrogens with zero attached hydrogens (tertiary/aromatic N) is 3. The van der Waals surface area contributed by atoms with E-state index in [-0.39, 0.29) is 12.5 Å². The Morgan fingerprint density at radius 2 is 1.70 bits per heavy atom. The SMILES string of the molecule is C/C(=N\NC(=O)CN1CCN(S(=O)(=O)c2ccc(C)cc2)CC1)c1ccccc1Cl. The summed E-state index contributed by atoms with van der Waals surface area (Å²) in [6.45, 7) is 5.47. The van der Waals surface area contributed by atoms with Crippen molar-refractivity contribution >= 4 is 33.2 Å². The van der Waals surface area contributed by atoms with Gasteiger partial charge in [0.15, 0.2) is 0 Å². The molecular formula is C21H25ClN4O3S. The van der Waals surface area contributed by atoms with Crippen molar-refractivity contribution in [3.8, 4) is 0 Å². The lowest BCUT2D eigenvalue weighted by Gasteiger charge is -2.33. The normalized spacial score (nSPS) is 16.4. The van der Waals surface area contributed by atoms with Gasteiger partial charge in [-0.3, -0.25) is 9.69 Å². The van der Waals surface area contributed by atoms with Gasteiger partial charge in [-0.1, -0.05) is 47.5 Å². The fourth-order valence-corrected chi connectivity index (χ4v) is 4.88. The Bertz CT molecular complexity index is 1030. The van der Waals surface area contributed by atoms with Crippen molar-refractivity contribution in [3.05, 3.63) is 64.7 Å². The number of nitrogens with one attached hydrogen (secondary N) is 1. The number of hydrogen-bond acceptors (Lipinski definition) is 5. The monoisotopic (exact) mass is 448 g/mol. The van der Waals surface area contributed by atoms with E-state index >= 15 is 0 Å². The van der Waals surface area contributed by atoms with E-state index in [4.69, 9.17) is 11.6 Å². The third kappa shape index (κ3) is 5.46. The predicted octanol–water partition coefficient (Wildman–Crippen LogP) is 2.50. The first-order chi connectivity index (χ1) is 14.3. The maximum absolute atomic E-state index is 12.8. The molecule has 1 aliphatic rings. The summed E-state index contributed by atoms with van der Waals surface area (Å²) in [6.07, 6.45) is 0. The molecule has 0 spiro atoms. The van der Waals surface area contributed by atoms with Crippen LogP contribution >= 0.6 is 11.6 Å². The molecule has 1 amide bonds. The zero-order valence-corrected chi connectivity index (χ0v) is 18.6. The summed E-state index contributed by atoms with van der Waals surface area (Å²) in [5.74, 6) is -0.253. The molecule has 0 bridgehead atoms. The molecule has 0 radical (unpaired) electrons. The van der Waals surface area contributed by atoms with Crippen LogP contribution in [0.25, 0.3) is 0 Å². The molecule has 0 aromatic heterocycles. The number of rotatable bonds is 6. The van der Waals surface area contributed by atoms with E-state index in [1.807, 2.05) is 30.0 Å². The number of sulfonamides is 1. The van der Waals surface area contributed by atoms with Crippen LogP contribution in [-0.2, 0) is 14.8 Å². The Kier molecular flexibility index (Phi) is 7.25.